The fraction of sp³-hybridized carbons (Fsp3) is 0.909. The Bertz CT molecular complexity index is 350. The van der Waals surface area contributed by atoms with Crippen molar-refractivity contribution in [3.63, 3.8) is 0 Å². The van der Waals surface area contributed by atoms with E-state index in [1.807, 2.05) is 0 Å². The number of halogens is 1. The van der Waals surface area contributed by atoms with E-state index >= 15 is 0 Å². The summed E-state index contributed by atoms with van der Waals surface area (Å²) in [6, 6.07) is 0. The number of hydrogen-bond donors (Lipinski definition) is 0. The maximum absolute atomic E-state index is 12.0. The second kappa shape index (κ2) is 1.63. The van der Waals surface area contributed by atoms with Gasteiger partial charge < -0.3 is 0 Å². The van der Waals surface area contributed by atoms with Gasteiger partial charge in [-0.1, -0.05) is 22.6 Å². The Morgan fingerprint density at radius 2 is 1.77 bits per heavy atom. The minimum Gasteiger partial charge on any atom is -0.299 e. The molecule has 68 valence electrons. The molecule has 0 spiro atoms. The van der Waals surface area contributed by atoms with Crippen LogP contribution in [0.4, 0.5) is 0 Å². The summed E-state index contributed by atoms with van der Waals surface area (Å²) in [6.07, 6.45) is 1.43. The Morgan fingerprint density at radius 1 is 1.00 bits per heavy atom. The molecule has 0 heterocycles. The Hall–Kier alpha value is 0.400. The summed E-state index contributed by atoms with van der Waals surface area (Å²) in [6.45, 7) is 0. The third-order valence-electron chi connectivity index (χ3n) is 6.01. The maximum Gasteiger partial charge on any atom is 0.140 e. The monoisotopic (exact) mass is 286 g/mol. The molecule has 6 bridgehead atoms. The summed E-state index contributed by atoms with van der Waals surface area (Å²) in [5.74, 6) is 7.27. The van der Waals surface area contributed by atoms with Gasteiger partial charge in [0.2, 0.25) is 0 Å². The van der Waals surface area contributed by atoms with E-state index in [0.717, 1.165) is 39.4 Å². The topological polar surface area (TPSA) is 17.1 Å². The highest BCUT2D eigenvalue weighted by atomic mass is 127. The van der Waals surface area contributed by atoms with E-state index in [1.165, 1.54) is 6.42 Å². The summed E-state index contributed by atoms with van der Waals surface area (Å²) in [7, 11) is 0. The number of carbonyl (C=O) groups is 1. The highest BCUT2D eigenvalue weighted by Gasteiger charge is 2.83. The Balaban J connectivity index is 1.90. The largest absolute Gasteiger partial charge is 0.299 e. The summed E-state index contributed by atoms with van der Waals surface area (Å²) in [5, 5.41) is 0. The van der Waals surface area contributed by atoms with Crippen LogP contribution in [0.1, 0.15) is 6.42 Å². The predicted molar refractivity (Wildman–Crippen MR) is 55.4 cm³/mol. The average molecular weight is 286 g/mol. The molecule has 0 aromatic carbocycles. The molecular formula is C11H11IO. The predicted octanol–water partition coefficient (Wildman–Crippen LogP) is 1.75. The molecule has 4 unspecified atom stereocenters. The van der Waals surface area contributed by atoms with Crippen molar-refractivity contribution >= 4 is 28.4 Å². The number of Topliss-reactive ketones (excluding diaryl/α,β-unsaturated/α-hetero) is 1. The van der Waals surface area contributed by atoms with Gasteiger partial charge in [0.15, 0.2) is 0 Å². The van der Waals surface area contributed by atoms with Crippen LogP contribution in [-0.4, -0.2) is 9.71 Å². The molecule has 0 radical (unpaired) electrons. The number of alkyl halides is 1. The van der Waals surface area contributed by atoms with Crippen LogP contribution in [0.5, 0.6) is 0 Å². The first-order chi connectivity index (χ1) is 6.30. The highest BCUT2D eigenvalue weighted by molar-refractivity contribution is 14.1. The first-order valence-electron chi connectivity index (χ1n) is 5.48. The molecule has 0 aromatic rings. The van der Waals surface area contributed by atoms with Crippen LogP contribution in [0.15, 0.2) is 0 Å². The normalized spacial score (nSPS) is 79.8. The molecule has 6 aliphatic carbocycles. The quantitative estimate of drug-likeness (QED) is 0.490. The van der Waals surface area contributed by atoms with Crippen molar-refractivity contribution in [2.24, 2.45) is 47.3 Å². The first-order valence-corrected chi connectivity index (χ1v) is 6.73. The van der Waals surface area contributed by atoms with E-state index in [4.69, 9.17) is 0 Å². The summed E-state index contributed by atoms with van der Waals surface area (Å²) in [5.41, 5.74) is 0. The zero-order valence-corrected chi connectivity index (χ0v) is 9.35. The van der Waals surface area contributed by atoms with E-state index in [-0.39, 0.29) is 0 Å². The molecule has 6 rings (SSSR count). The molecule has 6 aliphatic rings. The van der Waals surface area contributed by atoms with Crippen LogP contribution in [0.2, 0.25) is 0 Å². The molecule has 0 amide bonds. The molecule has 0 aromatic heterocycles. The number of ketones is 1. The fourth-order valence-corrected chi connectivity index (χ4v) is 8.13. The lowest BCUT2D eigenvalue weighted by molar-refractivity contribution is -0.122. The Morgan fingerprint density at radius 3 is 2.54 bits per heavy atom. The zero-order valence-electron chi connectivity index (χ0n) is 7.19. The smallest absolute Gasteiger partial charge is 0.140 e. The Kier molecular flexibility index (Phi) is 0.856. The fourth-order valence-electron chi connectivity index (χ4n) is 6.20. The van der Waals surface area contributed by atoms with Gasteiger partial charge in [-0.3, -0.25) is 4.79 Å². The molecule has 0 N–H and O–H groups in total. The van der Waals surface area contributed by atoms with Crippen molar-refractivity contribution < 1.29 is 4.79 Å². The molecule has 13 heavy (non-hydrogen) atoms. The molecule has 2 heteroatoms. The molecule has 9 atom stereocenters. The van der Waals surface area contributed by atoms with Gasteiger partial charge in [-0.05, 0) is 41.9 Å². The van der Waals surface area contributed by atoms with Gasteiger partial charge >= 0.3 is 0 Å². The van der Waals surface area contributed by atoms with E-state index in [2.05, 4.69) is 22.6 Å². The van der Waals surface area contributed by atoms with Crippen LogP contribution >= 0.6 is 22.6 Å². The van der Waals surface area contributed by atoms with Gasteiger partial charge in [0.25, 0.3) is 0 Å². The lowest BCUT2D eigenvalue weighted by Crippen LogP contribution is -2.30. The molecule has 0 saturated heterocycles. The Labute approximate surface area is 90.8 Å². The van der Waals surface area contributed by atoms with Crippen molar-refractivity contribution in [1.29, 1.82) is 0 Å². The van der Waals surface area contributed by atoms with Gasteiger partial charge in [0.1, 0.15) is 5.78 Å². The van der Waals surface area contributed by atoms with Crippen molar-refractivity contribution in [3.8, 4) is 0 Å². The highest BCUT2D eigenvalue weighted by Crippen LogP contribution is 2.82. The van der Waals surface area contributed by atoms with Gasteiger partial charge in [-0.15, -0.1) is 0 Å². The standard InChI is InChI=1S/C11H11IO/c12-10-6-2-1-3-4(6)9-8(10)5(2)7(3)11(9)13/h2-10H,1H2/t2?,3?,4?,5?,6-,7-,8+,9+,10-/m1/s1. The SMILES string of the molecule is O=C1[C@@H]2C3CC4C2[C@@H]2[C@H](I)[C@H]4C3[C@H]12. The molecule has 6 saturated carbocycles. The second-order valence-electron chi connectivity index (χ2n) is 5.77. The van der Waals surface area contributed by atoms with Crippen molar-refractivity contribution in [2.45, 2.75) is 10.3 Å². The van der Waals surface area contributed by atoms with Gasteiger partial charge in [-0.2, -0.15) is 0 Å². The average Bonchev–Trinajstić information content (AvgIpc) is 2.78. The van der Waals surface area contributed by atoms with E-state index < -0.39 is 0 Å². The lowest BCUT2D eigenvalue weighted by Gasteiger charge is -2.32. The second-order valence-corrected chi connectivity index (χ2v) is 7.21. The number of hydrogen-bond acceptors (Lipinski definition) is 1. The van der Waals surface area contributed by atoms with Crippen LogP contribution in [0.3, 0.4) is 0 Å². The van der Waals surface area contributed by atoms with Gasteiger partial charge in [0, 0.05) is 15.8 Å². The van der Waals surface area contributed by atoms with Crippen molar-refractivity contribution in [1.82, 2.24) is 0 Å². The van der Waals surface area contributed by atoms with Crippen LogP contribution < -0.4 is 0 Å². The summed E-state index contributed by atoms with van der Waals surface area (Å²) >= 11 is 2.66. The minimum absolute atomic E-state index is 0.561. The molecule has 6 fully saturated rings. The van der Waals surface area contributed by atoms with E-state index in [9.17, 15) is 4.79 Å². The third-order valence-corrected chi connectivity index (χ3v) is 7.67. The van der Waals surface area contributed by atoms with Crippen LogP contribution in [0.25, 0.3) is 0 Å². The van der Waals surface area contributed by atoms with Crippen molar-refractivity contribution in [3.05, 3.63) is 0 Å². The minimum atomic E-state index is 0.561. The van der Waals surface area contributed by atoms with Crippen LogP contribution in [0, 0.1) is 47.3 Å². The number of carbonyl (C=O) groups excluding carboxylic acids is 1. The van der Waals surface area contributed by atoms with Crippen LogP contribution in [-0.2, 0) is 4.79 Å². The van der Waals surface area contributed by atoms with E-state index in [0.29, 0.717) is 17.6 Å². The molecular weight excluding hydrogens is 275 g/mol. The lowest BCUT2D eigenvalue weighted by atomic mass is 9.71. The van der Waals surface area contributed by atoms with E-state index in [1.54, 1.807) is 0 Å². The number of rotatable bonds is 0. The third kappa shape index (κ3) is 0.422. The molecule has 0 aliphatic heterocycles. The zero-order chi connectivity index (χ0) is 8.48. The van der Waals surface area contributed by atoms with Gasteiger partial charge in [0.05, 0.1) is 0 Å². The summed E-state index contributed by atoms with van der Waals surface area (Å²) in [4.78, 5) is 12.0. The summed E-state index contributed by atoms with van der Waals surface area (Å²) < 4.78 is 0.879. The molecule has 1 nitrogen and oxygen atoms in total. The first kappa shape index (κ1) is 6.81. The maximum atomic E-state index is 12.0. The van der Waals surface area contributed by atoms with Gasteiger partial charge in [-0.25, -0.2) is 0 Å². The van der Waals surface area contributed by atoms with Crippen molar-refractivity contribution in [2.75, 3.05) is 0 Å².